The van der Waals surface area contributed by atoms with Crippen LogP contribution >= 0.6 is 0 Å². The van der Waals surface area contributed by atoms with E-state index < -0.39 is 5.97 Å². The molecule has 0 saturated carbocycles. The summed E-state index contributed by atoms with van der Waals surface area (Å²) in [7, 11) is 0. The minimum atomic E-state index is -1.27. The Morgan fingerprint density at radius 2 is 2.46 bits per heavy atom. The summed E-state index contributed by atoms with van der Waals surface area (Å²) in [6.07, 6.45) is 1.11. The Hall–Kier alpha value is -1.78. The van der Waals surface area contributed by atoms with E-state index in [2.05, 4.69) is 0 Å². The van der Waals surface area contributed by atoms with Crippen LogP contribution in [0.3, 0.4) is 0 Å². The van der Waals surface area contributed by atoms with Crippen LogP contribution in [0.5, 0.6) is 5.75 Å². The van der Waals surface area contributed by atoms with E-state index in [1.807, 2.05) is 0 Å². The predicted octanol–water partition coefficient (Wildman–Crippen LogP) is 0.417. The minimum Gasteiger partial charge on any atom is -0.618 e. The summed E-state index contributed by atoms with van der Waals surface area (Å²) in [5.74, 6) is -0.886. The van der Waals surface area contributed by atoms with Gasteiger partial charge in [0, 0.05) is 6.07 Å². The molecule has 5 nitrogen and oxygen atoms in total. The molecule has 0 fully saturated rings. The third kappa shape index (κ3) is 2.08. The topological polar surface area (TPSA) is 73.5 Å². The zero-order valence-corrected chi connectivity index (χ0v) is 7.06. The van der Waals surface area contributed by atoms with Gasteiger partial charge in [-0.2, -0.15) is 4.73 Å². The Bertz CT molecular complexity index is 324. The van der Waals surface area contributed by atoms with Crippen LogP contribution in [-0.2, 0) is 0 Å². The van der Waals surface area contributed by atoms with Crippen molar-refractivity contribution in [2.24, 2.45) is 0 Å². The Kier molecular flexibility index (Phi) is 2.69. The standard InChI is InChI=1S/C8H9NO4/c1-2-13-6-3-4-9(12)7(5-6)8(10)11/h3-5H,2H2,1H3,(H,10,11). The van der Waals surface area contributed by atoms with Gasteiger partial charge in [-0.1, -0.05) is 0 Å². The van der Waals surface area contributed by atoms with Gasteiger partial charge in [0.15, 0.2) is 6.20 Å². The molecule has 0 radical (unpaired) electrons. The zero-order chi connectivity index (χ0) is 9.84. The maximum absolute atomic E-state index is 10.9. The van der Waals surface area contributed by atoms with E-state index in [0.717, 1.165) is 6.20 Å². The summed E-state index contributed by atoms with van der Waals surface area (Å²) >= 11 is 0. The highest BCUT2D eigenvalue weighted by Gasteiger charge is 2.15. The lowest BCUT2D eigenvalue weighted by Crippen LogP contribution is -2.33. The van der Waals surface area contributed by atoms with Crippen LogP contribution in [0.1, 0.15) is 17.4 Å². The van der Waals surface area contributed by atoms with Crippen molar-refractivity contribution in [3.63, 3.8) is 0 Å². The third-order valence-corrected chi connectivity index (χ3v) is 1.42. The Morgan fingerprint density at radius 3 is 3.00 bits per heavy atom. The lowest BCUT2D eigenvalue weighted by molar-refractivity contribution is -0.608. The molecule has 0 aliphatic carbocycles. The fourth-order valence-electron chi connectivity index (χ4n) is 0.880. The molecule has 5 heteroatoms. The predicted molar refractivity (Wildman–Crippen MR) is 43.5 cm³/mol. The highest BCUT2D eigenvalue weighted by molar-refractivity contribution is 5.84. The number of rotatable bonds is 3. The third-order valence-electron chi connectivity index (χ3n) is 1.42. The second-order valence-corrected chi connectivity index (χ2v) is 2.31. The van der Waals surface area contributed by atoms with Gasteiger partial charge in [0.05, 0.1) is 12.7 Å². The monoisotopic (exact) mass is 183 g/mol. The molecule has 1 heterocycles. The maximum atomic E-state index is 10.9. The lowest BCUT2D eigenvalue weighted by Gasteiger charge is -2.04. The average molecular weight is 183 g/mol. The minimum absolute atomic E-state index is 0.283. The van der Waals surface area contributed by atoms with Crippen molar-refractivity contribution in [1.29, 1.82) is 0 Å². The fourth-order valence-corrected chi connectivity index (χ4v) is 0.880. The molecular formula is C8H9NO4. The number of pyridine rings is 1. The van der Waals surface area contributed by atoms with Gasteiger partial charge in [-0.25, -0.2) is 4.79 Å². The van der Waals surface area contributed by atoms with Crippen molar-refractivity contribution in [2.45, 2.75) is 6.92 Å². The van der Waals surface area contributed by atoms with Gasteiger partial charge in [0.2, 0.25) is 0 Å². The SMILES string of the molecule is CCOc1cc[n+]([O-])c(C(=O)O)c1. The van der Waals surface area contributed by atoms with Crippen LogP contribution < -0.4 is 9.47 Å². The van der Waals surface area contributed by atoms with Crippen molar-refractivity contribution in [3.8, 4) is 5.75 Å². The largest absolute Gasteiger partial charge is 0.618 e. The van der Waals surface area contributed by atoms with Gasteiger partial charge in [-0.05, 0) is 6.92 Å². The quantitative estimate of drug-likeness (QED) is 0.544. The van der Waals surface area contributed by atoms with E-state index >= 15 is 0 Å². The first-order valence-electron chi connectivity index (χ1n) is 3.74. The smallest absolute Gasteiger partial charge is 0.402 e. The Balaban J connectivity index is 3.04. The van der Waals surface area contributed by atoms with E-state index in [1.54, 1.807) is 6.92 Å². The lowest BCUT2D eigenvalue weighted by atomic mass is 10.3. The van der Waals surface area contributed by atoms with Crippen LogP contribution in [0.4, 0.5) is 0 Å². The van der Waals surface area contributed by atoms with Crippen LogP contribution in [0.2, 0.25) is 0 Å². The summed E-state index contributed by atoms with van der Waals surface area (Å²) in [5, 5.41) is 19.5. The van der Waals surface area contributed by atoms with E-state index in [0.29, 0.717) is 12.4 Å². The van der Waals surface area contributed by atoms with Gasteiger partial charge in [0.25, 0.3) is 0 Å². The molecule has 0 unspecified atom stereocenters. The van der Waals surface area contributed by atoms with Gasteiger partial charge < -0.3 is 15.1 Å². The van der Waals surface area contributed by atoms with Crippen molar-refractivity contribution >= 4 is 5.97 Å². The van der Waals surface area contributed by atoms with Crippen molar-refractivity contribution in [3.05, 3.63) is 29.2 Å². The summed E-state index contributed by atoms with van der Waals surface area (Å²) < 4.78 is 5.32. The molecular weight excluding hydrogens is 174 g/mol. The second kappa shape index (κ2) is 3.75. The summed E-state index contributed by atoms with van der Waals surface area (Å²) in [5.41, 5.74) is -0.342. The van der Waals surface area contributed by atoms with E-state index in [1.165, 1.54) is 12.1 Å². The first kappa shape index (κ1) is 9.31. The van der Waals surface area contributed by atoms with E-state index in [-0.39, 0.29) is 10.4 Å². The highest BCUT2D eigenvalue weighted by atomic mass is 16.5. The number of hydrogen-bond donors (Lipinski definition) is 1. The number of nitrogens with zero attached hydrogens (tertiary/aromatic N) is 1. The molecule has 0 spiro atoms. The van der Waals surface area contributed by atoms with Crippen molar-refractivity contribution in [1.82, 2.24) is 0 Å². The molecule has 0 amide bonds. The van der Waals surface area contributed by atoms with Crippen LogP contribution in [0.25, 0.3) is 0 Å². The summed E-state index contributed by atoms with van der Waals surface area (Å²) in [4.78, 5) is 10.5. The number of aromatic nitrogens is 1. The molecule has 1 rings (SSSR count). The number of carboxylic acids is 1. The maximum Gasteiger partial charge on any atom is 0.402 e. The van der Waals surface area contributed by atoms with Crippen LogP contribution in [-0.4, -0.2) is 17.7 Å². The molecule has 0 saturated heterocycles. The molecule has 70 valence electrons. The van der Waals surface area contributed by atoms with Gasteiger partial charge >= 0.3 is 11.7 Å². The van der Waals surface area contributed by atoms with Crippen LogP contribution in [0, 0.1) is 5.21 Å². The molecule has 0 atom stereocenters. The molecule has 0 aromatic carbocycles. The molecule has 1 aromatic heterocycles. The van der Waals surface area contributed by atoms with Gasteiger partial charge in [-0.15, -0.1) is 0 Å². The number of hydrogen-bond acceptors (Lipinski definition) is 3. The molecule has 0 aliphatic heterocycles. The first-order chi connectivity index (χ1) is 6.15. The summed E-state index contributed by atoms with van der Waals surface area (Å²) in [6, 6.07) is 2.61. The van der Waals surface area contributed by atoms with Gasteiger partial charge in [0.1, 0.15) is 5.75 Å². The first-order valence-corrected chi connectivity index (χ1v) is 3.74. The molecule has 0 bridgehead atoms. The Morgan fingerprint density at radius 1 is 1.77 bits per heavy atom. The zero-order valence-electron chi connectivity index (χ0n) is 7.06. The van der Waals surface area contributed by atoms with Crippen molar-refractivity contribution in [2.75, 3.05) is 6.61 Å². The number of ether oxygens (including phenoxy) is 1. The van der Waals surface area contributed by atoms with E-state index in [4.69, 9.17) is 9.84 Å². The van der Waals surface area contributed by atoms with Crippen LogP contribution in [0.15, 0.2) is 18.3 Å². The molecule has 1 N–H and O–H groups in total. The fraction of sp³-hybridized carbons (Fsp3) is 0.250. The van der Waals surface area contributed by atoms with Crippen molar-refractivity contribution < 1.29 is 19.4 Å². The normalized spacial score (nSPS) is 9.62. The average Bonchev–Trinajstić information content (AvgIpc) is 2.08. The molecule has 13 heavy (non-hydrogen) atoms. The second-order valence-electron chi connectivity index (χ2n) is 2.31. The number of carbonyl (C=O) groups is 1. The molecule has 0 aliphatic rings. The summed E-state index contributed by atoms with van der Waals surface area (Å²) in [6.45, 7) is 2.21. The Labute approximate surface area is 74.8 Å². The number of aromatic carboxylic acids is 1. The van der Waals surface area contributed by atoms with Gasteiger partial charge in [-0.3, -0.25) is 0 Å². The number of carboxylic acid groups (broad SMARTS) is 1. The highest BCUT2D eigenvalue weighted by Crippen LogP contribution is 2.09. The molecule has 1 aromatic rings. The van der Waals surface area contributed by atoms with E-state index in [9.17, 15) is 10.0 Å².